The van der Waals surface area contributed by atoms with Crippen molar-refractivity contribution in [1.82, 2.24) is 10.6 Å². The summed E-state index contributed by atoms with van der Waals surface area (Å²) in [5.41, 5.74) is 0.586. The second-order valence-corrected chi connectivity index (χ2v) is 5.44. The van der Waals surface area contributed by atoms with Crippen molar-refractivity contribution in [2.45, 2.75) is 13.0 Å². The smallest absolute Gasteiger partial charge is 0.268 e. The molecule has 0 aliphatic heterocycles. The standard InChI is InChI=1S/C19H17FN2O4/c1-12(19(25)26)21-18(24)16(11-13-7-9-15(20)10-8-13)22-17(23)14-5-3-2-4-6-14/h2-12H,1H3,(H,21,24)(H,22,23)(H,25,26)/p-1/b16-11-/t12-/m1/s1. The number of aliphatic carboxylic acids is 1. The van der Waals surface area contributed by atoms with Crippen LogP contribution >= 0.6 is 0 Å². The van der Waals surface area contributed by atoms with Gasteiger partial charge in [-0.1, -0.05) is 30.3 Å². The minimum atomic E-state index is -1.46. The Morgan fingerprint density at radius 2 is 1.65 bits per heavy atom. The van der Waals surface area contributed by atoms with E-state index < -0.39 is 29.6 Å². The van der Waals surface area contributed by atoms with E-state index in [9.17, 15) is 23.9 Å². The van der Waals surface area contributed by atoms with Crippen molar-refractivity contribution in [3.8, 4) is 0 Å². The minimum Gasteiger partial charge on any atom is -0.548 e. The number of benzene rings is 2. The third-order valence-corrected chi connectivity index (χ3v) is 3.41. The molecule has 2 amide bonds. The number of carbonyl (C=O) groups is 3. The average molecular weight is 355 g/mol. The molecular weight excluding hydrogens is 339 g/mol. The van der Waals surface area contributed by atoms with Crippen molar-refractivity contribution in [3.63, 3.8) is 0 Å². The largest absolute Gasteiger partial charge is 0.548 e. The lowest BCUT2D eigenvalue weighted by Crippen LogP contribution is -2.48. The fourth-order valence-electron chi connectivity index (χ4n) is 2.00. The molecule has 0 aliphatic rings. The van der Waals surface area contributed by atoms with Crippen LogP contribution in [0.2, 0.25) is 0 Å². The first-order valence-corrected chi connectivity index (χ1v) is 7.72. The molecule has 2 rings (SSSR count). The zero-order valence-corrected chi connectivity index (χ0v) is 13.9. The summed E-state index contributed by atoms with van der Waals surface area (Å²) in [6.07, 6.45) is 1.32. The molecule has 0 radical (unpaired) electrons. The summed E-state index contributed by atoms with van der Waals surface area (Å²) in [6.45, 7) is 1.24. The maximum absolute atomic E-state index is 13.0. The van der Waals surface area contributed by atoms with Gasteiger partial charge in [0.1, 0.15) is 11.5 Å². The van der Waals surface area contributed by atoms with Gasteiger partial charge in [-0.15, -0.1) is 0 Å². The summed E-state index contributed by atoms with van der Waals surface area (Å²) >= 11 is 0. The van der Waals surface area contributed by atoms with E-state index in [1.165, 1.54) is 37.3 Å². The van der Waals surface area contributed by atoms with Crippen molar-refractivity contribution in [1.29, 1.82) is 0 Å². The molecular formula is C19H16FN2O4-. The Morgan fingerprint density at radius 1 is 1.04 bits per heavy atom. The zero-order valence-electron chi connectivity index (χ0n) is 13.9. The normalized spacial score (nSPS) is 12.2. The Hall–Kier alpha value is -3.48. The number of nitrogens with one attached hydrogen (secondary N) is 2. The van der Waals surface area contributed by atoms with Crippen molar-refractivity contribution in [3.05, 3.63) is 77.2 Å². The highest BCUT2D eigenvalue weighted by Crippen LogP contribution is 2.09. The van der Waals surface area contributed by atoms with Crippen molar-refractivity contribution in [2.24, 2.45) is 0 Å². The molecule has 0 fully saturated rings. The van der Waals surface area contributed by atoms with Gasteiger partial charge in [0.15, 0.2) is 0 Å². The molecule has 1 atom stereocenters. The summed E-state index contributed by atoms with van der Waals surface area (Å²) in [7, 11) is 0. The summed E-state index contributed by atoms with van der Waals surface area (Å²) in [4.78, 5) is 35.5. The van der Waals surface area contributed by atoms with Crippen LogP contribution in [-0.2, 0) is 9.59 Å². The quantitative estimate of drug-likeness (QED) is 0.751. The summed E-state index contributed by atoms with van der Waals surface area (Å²) in [6, 6.07) is 12.2. The SMILES string of the molecule is C[C@@H](NC(=O)/C(=C/c1ccc(F)cc1)NC(=O)c1ccccc1)C(=O)[O-]. The van der Waals surface area contributed by atoms with E-state index in [4.69, 9.17) is 0 Å². The molecule has 134 valence electrons. The molecule has 6 nitrogen and oxygen atoms in total. The molecule has 0 aromatic heterocycles. The lowest BCUT2D eigenvalue weighted by Gasteiger charge is -2.17. The molecule has 2 N–H and O–H groups in total. The Balaban J connectivity index is 2.28. The first-order valence-electron chi connectivity index (χ1n) is 7.72. The van der Waals surface area contributed by atoms with Crippen molar-refractivity contribution in [2.75, 3.05) is 0 Å². The van der Waals surface area contributed by atoms with E-state index in [1.54, 1.807) is 30.3 Å². The first kappa shape index (κ1) is 18.9. The van der Waals surface area contributed by atoms with E-state index in [2.05, 4.69) is 10.6 Å². The van der Waals surface area contributed by atoms with Gasteiger partial charge in [0, 0.05) is 5.56 Å². The summed E-state index contributed by atoms with van der Waals surface area (Å²) in [5.74, 6) is -3.27. The van der Waals surface area contributed by atoms with E-state index in [0.29, 0.717) is 11.1 Å². The maximum Gasteiger partial charge on any atom is 0.268 e. The highest BCUT2D eigenvalue weighted by molar-refractivity contribution is 6.06. The Kier molecular flexibility index (Phi) is 6.21. The molecule has 0 heterocycles. The number of hydrogen-bond donors (Lipinski definition) is 2. The van der Waals surface area contributed by atoms with Crippen LogP contribution in [0.5, 0.6) is 0 Å². The van der Waals surface area contributed by atoms with Crippen LogP contribution in [0.3, 0.4) is 0 Å². The van der Waals surface area contributed by atoms with E-state index in [1.807, 2.05) is 0 Å². The van der Waals surface area contributed by atoms with Gasteiger partial charge in [-0.3, -0.25) is 9.59 Å². The maximum atomic E-state index is 13.0. The van der Waals surface area contributed by atoms with Gasteiger partial charge in [0.05, 0.1) is 12.0 Å². The third-order valence-electron chi connectivity index (χ3n) is 3.41. The average Bonchev–Trinajstić information content (AvgIpc) is 2.63. The molecule has 0 unspecified atom stereocenters. The van der Waals surface area contributed by atoms with Crippen LogP contribution in [0.15, 0.2) is 60.3 Å². The molecule has 0 saturated carbocycles. The number of carbonyl (C=O) groups excluding carboxylic acids is 3. The third kappa shape index (κ3) is 5.27. The lowest BCUT2D eigenvalue weighted by molar-refractivity contribution is -0.307. The number of carboxylic acids is 1. The monoisotopic (exact) mass is 355 g/mol. The zero-order chi connectivity index (χ0) is 19.1. The molecule has 0 aliphatic carbocycles. The second-order valence-electron chi connectivity index (χ2n) is 5.44. The minimum absolute atomic E-state index is 0.182. The number of rotatable bonds is 6. The van der Waals surface area contributed by atoms with Crippen LogP contribution in [0, 0.1) is 5.82 Å². The Bertz CT molecular complexity index is 832. The molecule has 0 saturated heterocycles. The predicted octanol–water partition coefficient (Wildman–Crippen LogP) is 0.851. The molecule has 2 aromatic rings. The number of amides is 2. The van der Waals surface area contributed by atoms with Crippen molar-refractivity contribution >= 4 is 23.9 Å². The van der Waals surface area contributed by atoms with Gasteiger partial charge >= 0.3 is 0 Å². The Labute approximate surface area is 149 Å². The second kappa shape index (κ2) is 8.57. The van der Waals surface area contributed by atoms with Gasteiger partial charge in [0.25, 0.3) is 11.8 Å². The topological polar surface area (TPSA) is 98.3 Å². The van der Waals surface area contributed by atoms with E-state index in [0.717, 1.165) is 0 Å². The molecule has 0 spiro atoms. The fourth-order valence-corrected chi connectivity index (χ4v) is 2.00. The highest BCUT2D eigenvalue weighted by Gasteiger charge is 2.17. The Morgan fingerprint density at radius 3 is 2.23 bits per heavy atom. The number of hydrogen-bond acceptors (Lipinski definition) is 4. The first-order chi connectivity index (χ1) is 12.4. The van der Waals surface area contributed by atoms with Gasteiger partial charge in [0.2, 0.25) is 0 Å². The van der Waals surface area contributed by atoms with Crippen LogP contribution in [-0.4, -0.2) is 23.8 Å². The van der Waals surface area contributed by atoms with Crippen LogP contribution in [0.4, 0.5) is 4.39 Å². The molecule has 2 aromatic carbocycles. The number of carboxylic acid groups (broad SMARTS) is 1. The van der Waals surface area contributed by atoms with E-state index >= 15 is 0 Å². The van der Waals surface area contributed by atoms with Crippen LogP contribution in [0.25, 0.3) is 6.08 Å². The van der Waals surface area contributed by atoms with Gasteiger partial charge in [-0.25, -0.2) is 4.39 Å². The predicted molar refractivity (Wildman–Crippen MR) is 90.9 cm³/mol. The highest BCUT2D eigenvalue weighted by atomic mass is 19.1. The molecule has 7 heteroatoms. The summed E-state index contributed by atoms with van der Waals surface area (Å²) < 4.78 is 13.0. The molecule has 0 bridgehead atoms. The van der Waals surface area contributed by atoms with Crippen molar-refractivity contribution < 1.29 is 23.9 Å². The molecule has 26 heavy (non-hydrogen) atoms. The lowest BCUT2D eigenvalue weighted by atomic mass is 10.1. The number of halogens is 1. The van der Waals surface area contributed by atoms with Gasteiger partial charge < -0.3 is 20.5 Å². The van der Waals surface area contributed by atoms with Gasteiger partial charge in [-0.2, -0.15) is 0 Å². The summed E-state index contributed by atoms with van der Waals surface area (Å²) in [5, 5.41) is 15.5. The fraction of sp³-hybridized carbons (Fsp3) is 0.105. The van der Waals surface area contributed by atoms with Crippen LogP contribution in [0.1, 0.15) is 22.8 Å². The van der Waals surface area contributed by atoms with Gasteiger partial charge in [-0.05, 0) is 42.8 Å². The van der Waals surface area contributed by atoms with Crippen LogP contribution < -0.4 is 15.7 Å². The van der Waals surface area contributed by atoms with E-state index in [-0.39, 0.29) is 5.70 Å².